The number of carbonyl (C=O) groups excluding carboxylic acids is 2. The van der Waals surface area contributed by atoms with Crippen molar-refractivity contribution in [3.8, 4) is 12.1 Å². The number of nitrogens with zero attached hydrogens (tertiary/aromatic N) is 6. The molecule has 0 saturated carbocycles. The Morgan fingerprint density at radius 2 is 1.40 bits per heavy atom. The first-order chi connectivity index (χ1) is 19.5. The predicted octanol–water partition coefficient (Wildman–Crippen LogP) is 5.04. The van der Waals surface area contributed by atoms with Gasteiger partial charge in [-0.3, -0.25) is 14.6 Å². The van der Waals surface area contributed by atoms with E-state index >= 15 is 0 Å². The maximum atomic E-state index is 14.0. The average Bonchev–Trinajstić information content (AvgIpc) is 3.53. The van der Waals surface area contributed by atoms with Gasteiger partial charge in [0, 0.05) is 26.2 Å². The number of hydrogen-bond acceptors (Lipinski definition) is 7. The molecule has 2 aliphatic heterocycles. The van der Waals surface area contributed by atoms with E-state index in [1.54, 1.807) is 52.6 Å². The van der Waals surface area contributed by atoms with Crippen molar-refractivity contribution in [2.75, 3.05) is 13.1 Å². The molecule has 40 heavy (non-hydrogen) atoms. The summed E-state index contributed by atoms with van der Waals surface area (Å²) in [6.45, 7) is 2.58. The molecule has 0 unspecified atom stereocenters. The van der Waals surface area contributed by atoms with Crippen LogP contribution in [0.25, 0.3) is 10.2 Å². The minimum atomic E-state index is -0.924. The third kappa shape index (κ3) is 4.71. The van der Waals surface area contributed by atoms with E-state index in [2.05, 4.69) is 40.2 Å². The Morgan fingerprint density at radius 3 is 2.02 bits per heavy atom. The maximum absolute atomic E-state index is 14.0. The molecule has 2 fully saturated rings. The summed E-state index contributed by atoms with van der Waals surface area (Å²) in [5.41, 5.74) is 5.86. The molecule has 9 heteroatoms. The van der Waals surface area contributed by atoms with E-state index in [1.807, 2.05) is 17.6 Å². The number of urea groups is 1. The first-order valence-corrected chi connectivity index (χ1v) is 14.0. The number of hydrogen-bond donors (Lipinski definition) is 0. The van der Waals surface area contributed by atoms with Crippen LogP contribution < -0.4 is 0 Å². The molecule has 2 aliphatic rings. The highest BCUT2D eigenvalue weighted by molar-refractivity contribution is 7.16. The van der Waals surface area contributed by atoms with E-state index in [4.69, 9.17) is 5.26 Å². The van der Waals surface area contributed by atoms with E-state index < -0.39 is 5.54 Å². The molecular weight excluding hydrogens is 520 g/mol. The van der Waals surface area contributed by atoms with Crippen molar-refractivity contribution in [1.82, 2.24) is 19.7 Å². The molecule has 0 N–H and O–H groups in total. The summed E-state index contributed by atoms with van der Waals surface area (Å²) >= 11 is 1.63. The van der Waals surface area contributed by atoms with Crippen LogP contribution in [0.4, 0.5) is 4.79 Å². The lowest BCUT2D eigenvalue weighted by Gasteiger charge is -2.42. The maximum Gasteiger partial charge on any atom is 0.328 e. The van der Waals surface area contributed by atoms with Crippen molar-refractivity contribution in [2.45, 2.75) is 38.0 Å². The van der Waals surface area contributed by atoms with E-state index in [0.717, 1.165) is 27.9 Å². The Hall–Kier alpha value is -4.57. The normalized spacial score (nSPS) is 16.9. The lowest BCUT2D eigenvalue weighted by atomic mass is 9.85. The quantitative estimate of drug-likeness (QED) is 0.314. The van der Waals surface area contributed by atoms with Crippen LogP contribution in [-0.2, 0) is 24.4 Å². The number of piperidine rings is 1. The smallest absolute Gasteiger partial charge is 0.305 e. The van der Waals surface area contributed by atoms with Crippen LogP contribution in [0.15, 0.2) is 72.2 Å². The van der Waals surface area contributed by atoms with Crippen molar-refractivity contribution < 1.29 is 9.59 Å². The molecule has 1 spiro atoms. The Labute approximate surface area is 236 Å². The van der Waals surface area contributed by atoms with Gasteiger partial charge in [0.2, 0.25) is 0 Å². The molecule has 3 aromatic carbocycles. The van der Waals surface area contributed by atoms with Gasteiger partial charge < -0.3 is 4.90 Å². The third-order valence-electron chi connectivity index (χ3n) is 7.95. The largest absolute Gasteiger partial charge is 0.328 e. The van der Waals surface area contributed by atoms with E-state index in [1.165, 1.54) is 10.5 Å². The molecule has 2 saturated heterocycles. The summed E-state index contributed by atoms with van der Waals surface area (Å²) < 4.78 is 1.16. The van der Waals surface area contributed by atoms with Crippen LogP contribution in [0, 0.1) is 22.7 Å². The highest BCUT2D eigenvalue weighted by atomic mass is 32.1. The average molecular weight is 547 g/mol. The minimum absolute atomic E-state index is 0.159. The molecule has 6 rings (SSSR count). The van der Waals surface area contributed by atoms with Crippen LogP contribution >= 0.6 is 11.3 Å². The molecular formula is C31H26N6O2S. The molecule has 1 aromatic heterocycles. The van der Waals surface area contributed by atoms with Gasteiger partial charge in [0.25, 0.3) is 5.91 Å². The van der Waals surface area contributed by atoms with Gasteiger partial charge in [-0.2, -0.15) is 10.5 Å². The Morgan fingerprint density at radius 1 is 0.800 bits per heavy atom. The van der Waals surface area contributed by atoms with Gasteiger partial charge in [-0.05, 0) is 65.9 Å². The molecule has 4 aromatic rings. The van der Waals surface area contributed by atoms with Gasteiger partial charge in [0.1, 0.15) is 5.54 Å². The Kier molecular flexibility index (Phi) is 6.77. The zero-order valence-electron chi connectivity index (χ0n) is 21.8. The second-order valence-electron chi connectivity index (χ2n) is 10.3. The Balaban J connectivity index is 1.24. The standard InChI is InChI=1S/C31H26N6O2S/c32-16-22-1-5-24(6-2-22)19-36-29(38)31(37(30(36)39)20-25-7-3-23(17-33)4-8-25)11-13-35(14-12-31)18-26-9-10-28-27(15-26)34-21-40-28/h1-10,15,21H,11-14,18-20H2. The Bertz CT molecular complexity index is 1660. The van der Waals surface area contributed by atoms with Crippen LogP contribution in [0.1, 0.15) is 40.7 Å². The first kappa shape index (κ1) is 25.7. The number of carbonyl (C=O) groups is 2. The fourth-order valence-corrected chi connectivity index (χ4v) is 6.36. The number of aromatic nitrogens is 1. The third-order valence-corrected chi connectivity index (χ3v) is 8.76. The molecule has 3 heterocycles. The lowest BCUT2D eigenvalue weighted by molar-refractivity contribution is -0.136. The van der Waals surface area contributed by atoms with Gasteiger partial charge in [-0.1, -0.05) is 30.3 Å². The second kappa shape index (κ2) is 10.5. The van der Waals surface area contributed by atoms with Crippen LogP contribution in [0.3, 0.4) is 0 Å². The number of amides is 3. The van der Waals surface area contributed by atoms with Gasteiger partial charge in [0.05, 0.1) is 45.5 Å². The highest BCUT2D eigenvalue weighted by Crippen LogP contribution is 2.39. The SMILES string of the molecule is N#Cc1ccc(CN2C(=O)N(Cc3ccc(C#N)cc3)C3(CCN(Cc4ccc5scnc5c4)CC3)C2=O)cc1. The molecule has 3 amide bonds. The molecule has 0 atom stereocenters. The molecule has 0 aliphatic carbocycles. The summed E-state index contributed by atoms with van der Waals surface area (Å²) in [5.74, 6) is -0.168. The van der Waals surface area contributed by atoms with Gasteiger partial charge in [0.15, 0.2) is 0 Å². The highest BCUT2D eigenvalue weighted by Gasteiger charge is 2.57. The summed E-state index contributed by atoms with van der Waals surface area (Å²) in [7, 11) is 0. The number of rotatable bonds is 6. The van der Waals surface area contributed by atoms with E-state index in [-0.39, 0.29) is 18.5 Å². The first-order valence-electron chi connectivity index (χ1n) is 13.2. The number of imide groups is 1. The lowest BCUT2D eigenvalue weighted by Crippen LogP contribution is -2.56. The number of thiazole rings is 1. The topological polar surface area (TPSA) is 104 Å². The van der Waals surface area contributed by atoms with Crippen molar-refractivity contribution in [3.63, 3.8) is 0 Å². The summed E-state index contributed by atoms with van der Waals surface area (Å²) in [6.07, 6.45) is 1.08. The summed E-state index contributed by atoms with van der Waals surface area (Å²) in [6, 6.07) is 24.4. The van der Waals surface area contributed by atoms with Gasteiger partial charge >= 0.3 is 6.03 Å². The van der Waals surface area contributed by atoms with Crippen LogP contribution in [-0.4, -0.2) is 50.3 Å². The molecule has 8 nitrogen and oxygen atoms in total. The van der Waals surface area contributed by atoms with Gasteiger partial charge in [-0.25, -0.2) is 9.78 Å². The van der Waals surface area contributed by atoms with Crippen molar-refractivity contribution in [3.05, 3.63) is 100 Å². The molecule has 198 valence electrons. The minimum Gasteiger partial charge on any atom is -0.305 e. The number of nitriles is 2. The summed E-state index contributed by atoms with van der Waals surface area (Å²) in [5, 5.41) is 18.3. The van der Waals surface area contributed by atoms with Gasteiger partial charge in [-0.15, -0.1) is 11.3 Å². The van der Waals surface area contributed by atoms with E-state index in [9.17, 15) is 14.9 Å². The number of likely N-dealkylation sites (tertiary alicyclic amines) is 1. The zero-order valence-corrected chi connectivity index (χ0v) is 22.6. The number of benzene rings is 3. The van der Waals surface area contributed by atoms with Crippen LogP contribution in [0.2, 0.25) is 0 Å². The molecule has 0 radical (unpaired) electrons. The monoisotopic (exact) mass is 546 g/mol. The summed E-state index contributed by atoms with van der Waals surface area (Å²) in [4.78, 5) is 37.7. The van der Waals surface area contributed by atoms with Crippen molar-refractivity contribution in [2.24, 2.45) is 0 Å². The second-order valence-corrected chi connectivity index (χ2v) is 11.2. The molecule has 0 bridgehead atoms. The fourth-order valence-electron chi connectivity index (χ4n) is 5.70. The van der Waals surface area contributed by atoms with E-state index in [0.29, 0.717) is 43.6 Å². The van der Waals surface area contributed by atoms with Crippen LogP contribution in [0.5, 0.6) is 0 Å². The number of fused-ring (bicyclic) bond motifs is 1. The zero-order chi connectivity index (χ0) is 27.7. The van der Waals surface area contributed by atoms with Crippen molar-refractivity contribution >= 4 is 33.5 Å². The predicted molar refractivity (Wildman–Crippen MR) is 151 cm³/mol. The fraction of sp³-hybridized carbons (Fsp3) is 0.258. The van der Waals surface area contributed by atoms with Crippen molar-refractivity contribution in [1.29, 1.82) is 10.5 Å².